The van der Waals surface area contributed by atoms with E-state index in [2.05, 4.69) is 14.5 Å². The highest BCUT2D eigenvalue weighted by Gasteiger charge is 2.18. The Morgan fingerprint density at radius 1 is 1.00 bits per heavy atom. The van der Waals surface area contributed by atoms with Crippen molar-refractivity contribution in [2.75, 3.05) is 50.8 Å². The molecule has 0 atom stereocenters. The van der Waals surface area contributed by atoms with E-state index < -0.39 is 10.0 Å². The van der Waals surface area contributed by atoms with E-state index in [-0.39, 0.29) is 4.90 Å². The molecule has 1 aliphatic rings. The van der Waals surface area contributed by atoms with Gasteiger partial charge in [-0.05, 0) is 55.0 Å². The average molecular weight is 438 g/mol. The highest BCUT2D eigenvalue weighted by Crippen LogP contribution is 2.19. The summed E-state index contributed by atoms with van der Waals surface area (Å²) >= 11 is 5.95. The fraction of sp³-hybridized carbons (Fsp3) is 0.429. The summed E-state index contributed by atoms with van der Waals surface area (Å²) in [6, 6.07) is 14.4. The summed E-state index contributed by atoms with van der Waals surface area (Å²) in [6.07, 6.45) is 0.912. The van der Waals surface area contributed by atoms with Crippen LogP contribution in [-0.4, -0.2) is 59.2 Å². The van der Waals surface area contributed by atoms with Gasteiger partial charge in [-0.2, -0.15) is 0 Å². The van der Waals surface area contributed by atoms with Crippen molar-refractivity contribution >= 4 is 27.3 Å². The molecule has 0 saturated carbocycles. The SMILES string of the molecule is CCCOc1ccc(S(=O)(=O)NCCN2CCN(c3ccc(Cl)cc3)CC2)cc1. The highest BCUT2D eigenvalue weighted by atomic mass is 35.5. The van der Waals surface area contributed by atoms with E-state index in [4.69, 9.17) is 16.3 Å². The van der Waals surface area contributed by atoms with Gasteiger partial charge in [0.25, 0.3) is 0 Å². The van der Waals surface area contributed by atoms with Gasteiger partial charge in [-0.25, -0.2) is 13.1 Å². The van der Waals surface area contributed by atoms with Crippen molar-refractivity contribution in [2.45, 2.75) is 18.2 Å². The van der Waals surface area contributed by atoms with Crippen LogP contribution in [0.4, 0.5) is 5.69 Å². The monoisotopic (exact) mass is 437 g/mol. The molecule has 3 rings (SSSR count). The summed E-state index contributed by atoms with van der Waals surface area (Å²) in [6.45, 7) is 7.33. The van der Waals surface area contributed by atoms with Crippen molar-refractivity contribution in [3.05, 3.63) is 53.6 Å². The van der Waals surface area contributed by atoms with Crippen molar-refractivity contribution in [1.82, 2.24) is 9.62 Å². The molecule has 0 aromatic heterocycles. The lowest BCUT2D eigenvalue weighted by molar-refractivity contribution is 0.262. The van der Waals surface area contributed by atoms with Gasteiger partial charge in [-0.1, -0.05) is 18.5 Å². The summed E-state index contributed by atoms with van der Waals surface area (Å²) in [4.78, 5) is 4.85. The van der Waals surface area contributed by atoms with Gasteiger partial charge in [0.15, 0.2) is 0 Å². The van der Waals surface area contributed by atoms with E-state index in [1.807, 2.05) is 31.2 Å². The van der Waals surface area contributed by atoms with Crippen LogP contribution in [0.3, 0.4) is 0 Å². The fourth-order valence-corrected chi connectivity index (χ4v) is 4.39. The first kappa shape index (κ1) is 21.9. The molecule has 1 aliphatic heterocycles. The van der Waals surface area contributed by atoms with E-state index in [0.29, 0.717) is 25.4 Å². The number of hydrogen-bond acceptors (Lipinski definition) is 5. The van der Waals surface area contributed by atoms with Crippen molar-refractivity contribution < 1.29 is 13.2 Å². The zero-order valence-electron chi connectivity index (χ0n) is 16.7. The van der Waals surface area contributed by atoms with Crippen LogP contribution in [0, 0.1) is 0 Å². The Hall–Kier alpha value is -1.80. The van der Waals surface area contributed by atoms with Crippen LogP contribution in [0.5, 0.6) is 5.75 Å². The number of nitrogens with one attached hydrogen (secondary N) is 1. The first-order valence-electron chi connectivity index (χ1n) is 9.93. The average Bonchev–Trinajstić information content (AvgIpc) is 2.73. The van der Waals surface area contributed by atoms with Gasteiger partial charge in [0, 0.05) is 50.0 Å². The highest BCUT2D eigenvalue weighted by molar-refractivity contribution is 7.89. The number of rotatable bonds is 9. The zero-order chi connectivity index (χ0) is 20.7. The third-order valence-electron chi connectivity index (χ3n) is 4.89. The minimum Gasteiger partial charge on any atom is -0.494 e. The number of piperazine rings is 1. The molecular weight excluding hydrogens is 410 g/mol. The normalized spacial score (nSPS) is 15.4. The smallest absolute Gasteiger partial charge is 0.240 e. The molecule has 0 unspecified atom stereocenters. The molecule has 8 heteroatoms. The number of benzene rings is 2. The van der Waals surface area contributed by atoms with Gasteiger partial charge < -0.3 is 9.64 Å². The number of sulfonamides is 1. The van der Waals surface area contributed by atoms with E-state index in [1.165, 1.54) is 5.69 Å². The van der Waals surface area contributed by atoms with E-state index in [9.17, 15) is 8.42 Å². The molecule has 1 fully saturated rings. The van der Waals surface area contributed by atoms with Crippen LogP contribution >= 0.6 is 11.6 Å². The van der Waals surface area contributed by atoms with Crippen LogP contribution in [0.1, 0.15) is 13.3 Å². The summed E-state index contributed by atoms with van der Waals surface area (Å²) in [5, 5.41) is 0.739. The van der Waals surface area contributed by atoms with Gasteiger partial charge in [0.05, 0.1) is 11.5 Å². The zero-order valence-corrected chi connectivity index (χ0v) is 18.3. The molecular formula is C21H28ClN3O3S. The number of anilines is 1. The minimum atomic E-state index is -3.51. The van der Waals surface area contributed by atoms with Gasteiger partial charge in [0.2, 0.25) is 10.0 Å². The van der Waals surface area contributed by atoms with Crippen LogP contribution in [0.15, 0.2) is 53.4 Å². The predicted molar refractivity (Wildman–Crippen MR) is 118 cm³/mol. The lowest BCUT2D eigenvalue weighted by Gasteiger charge is -2.36. The van der Waals surface area contributed by atoms with E-state index in [0.717, 1.165) is 37.6 Å². The third kappa shape index (κ3) is 6.34. The Bertz CT molecular complexity index is 865. The lowest BCUT2D eigenvalue weighted by atomic mass is 10.2. The standard InChI is InChI=1S/C21H28ClN3O3S/c1-2-17-28-20-7-9-21(10-8-20)29(26,27)23-11-12-24-13-15-25(16-14-24)19-5-3-18(22)4-6-19/h3-10,23H,2,11-17H2,1H3. The Labute approximate surface area is 178 Å². The number of ether oxygens (including phenoxy) is 1. The predicted octanol–water partition coefficient (Wildman–Crippen LogP) is 3.23. The molecule has 1 N–H and O–H groups in total. The van der Waals surface area contributed by atoms with Gasteiger partial charge in [-0.3, -0.25) is 4.90 Å². The van der Waals surface area contributed by atoms with Crippen molar-refractivity contribution in [1.29, 1.82) is 0 Å². The molecule has 0 amide bonds. The van der Waals surface area contributed by atoms with Gasteiger partial charge >= 0.3 is 0 Å². The molecule has 2 aromatic carbocycles. The molecule has 0 bridgehead atoms. The number of halogens is 1. The summed E-state index contributed by atoms with van der Waals surface area (Å²) < 4.78 is 33.1. The maximum atomic E-state index is 12.5. The second kappa shape index (κ2) is 10.3. The Morgan fingerprint density at radius 2 is 1.66 bits per heavy atom. The first-order valence-corrected chi connectivity index (χ1v) is 11.8. The molecule has 29 heavy (non-hydrogen) atoms. The fourth-order valence-electron chi connectivity index (χ4n) is 3.24. The van der Waals surface area contributed by atoms with Gasteiger partial charge in [-0.15, -0.1) is 0 Å². The largest absolute Gasteiger partial charge is 0.494 e. The van der Waals surface area contributed by atoms with E-state index in [1.54, 1.807) is 24.3 Å². The molecule has 0 aliphatic carbocycles. The summed E-state index contributed by atoms with van der Waals surface area (Å²) in [5.74, 6) is 0.685. The van der Waals surface area contributed by atoms with Crippen molar-refractivity contribution in [2.24, 2.45) is 0 Å². The Morgan fingerprint density at radius 3 is 2.28 bits per heavy atom. The summed E-state index contributed by atoms with van der Waals surface area (Å²) in [7, 11) is -3.51. The first-order chi connectivity index (χ1) is 14.0. The van der Waals surface area contributed by atoms with Crippen LogP contribution in [0.25, 0.3) is 0 Å². The van der Waals surface area contributed by atoms with Gasteiger partial charge in [0.1, 0.15) is 5.75 Å². The summed E-state index contributed by atoms with van der Waals surface area (Å²) in [5.41, 5.74) is 1.17. The second-order valence-corrected chi connectivity index (χ2v) is 9.23. The lowest BCUT2D eigenvalue weighted by Crippen LogP contribution is -2.48. The molecule has 6 nitrogen and oxygen atoms in total. The maximum absolute atomic E-state index is 12.5. The molecule has 158 valence electrons. The van der Waals surface area contributed by atoms with Crippen molar-refractivity contribution in [3.63, 3.8) is 0 Å². The quantitative estimate of drug-likeness (QED) is 0.652. The minimum absolute atomic E-state index is 0.258. The van der Waals surface area contributed by atoms with Crippen LogP contribution < -0.4 is 14.4 Å². The van der Waals surface area contributed by atoms with Crippen LogP contribution in [-0.2, 0) is 10.0 Å². The maximum Gasteiger partial charge on any atom is 0.240 e. The molecule has 0 spiro atoms. The molecule has 2 aromatic rings. The molecule has 1 heterocycles. The molecule has 1 saturated heterocycles. The van der Waals surface area contributed by atoms with Crippen molar-refractivity contribution in [3.8, 4) is 5.75 Å². The Balaban J connectivity index is 1.43. The van der Waals surface area contributed by atoms with E-state index >= 15 is 0 Å². The second-order valence-electron chi connectivity index (χ2n) is 7.02. The molecule has 0 radical (unpaired) electrons. The Kier molecular flexibility index (Phi) is 7.77. The topological polar surface area (TPSA) is 61.9 Å². The third-order valence-corrected chi connectivity index (χ3v) is 6.62. The van der Waals surface area contributed by atoms with Crippen LogP contribution in [0.2, 0.25) is 5.02 Å². The number of nitrogens with zero attached hydrogens (tertiary/aromatic N) is 2. The number of hydrogen-bond donors (Lipinski definition) is 1.